The van der Waals surface area contributed by atoms with Crippen molar-refractivity contribution in [2.24, 2.45) is 0 Å². The van der Waals surface area contributed by atoms with Crippen LogP contribution in [-0.4, -0.2) is 49.4 Å². The number of hydrogen-bond donors (Lipinski definition) is 1. The number of piperazine rings is 1. The Morgan fingerprint density at radius 1 is 0.966 bits per heavy atom. The van der Waals surface area contributed by atoms with Gasteiger partial charge in [-0.05, 0) is 36.8 Å². The third kappa shape index (κ3) is 5.34. The van der Waals surface area contributed by atoms with Crippen molar-refractivity contribution < 1.29 is 14.0 Å². The third-order valence-corrected chi connectivity index (χ3v) is 5.20. The monoisotopic (exact) mass is 397 g/mol. The summed E-state index contributed by atoms with van der Waals surface area (Å²) in [4.78, 5) is 28.9. The first-order chi connectivity index (χ1) is 14.1. The highest BCUT2D eigenvalue weighted by molar-refractivity contribution is 5.99. The summed E-state index contributed by atoms with van der Waals surface area (Å²) in [5.74, 6) is -0.496. The second kappa shape index (κ2) is 10.0. The maximum atomic E-state index is 14.0. The highest BCUT2D eigenvalue weighted by Gasteiger charge is 2.24. The fraction of sp³-hybridized carbons (Fsp3) is 0.391. The van der Waals surface area contributed by atoms with Crippen LogP contribution in [-0.2, 0) is 0 Å². The van der Waals surface area contributed by atoms with Crippen LogP contribution in [0.2, 0.25) is 0 Å². The molecule has 1 aliphatic rings. The number of anilines is 1. The fourth-order valence-electron chi connectivity index (χ4n) is 3.51. The lowest BCUT2D eigenvalue weighted by atomic mass is 10.1. The molecule has 1 heterocycles. The van der Waals surface area contributed by atoms with Gasteiger partial charge in [0, 0.05) is 43.9 Å². The molecule has 0 unspecified atom stereocenters. The van der Waals surface area contributed by atoms with Crippen LogP contribution in [0.4, 0.5) is 10.1 Å². The van der Waals surface area contributed by atoms with E-state index in [1.807, 2.05) is 11.0 Å². The maximum absolute atomic E-state index is 14.0. The second-order valence-corrected chi connectivity index (χ2v) is 7.27. The Hall–Kier alpha value is -2.89. The van der Waals surface area contributed by atoms with Gasteiger partial charge in [-0.25, -0.2) is 4.39 Å². The molecule has 1 fully saturated rings. The normalized spacial score (nSPS) is 14.0. The van der Waals surface area contributed by atoms with Gasteiger partial charge in [-0.2, -0.15) is 0 Å². The minimum Gasteiger partial charge on any atom is -0.366 e. The lowest BCUT2D eigenvalue weighted by Gasteiger charge is -2.36. The van der Waals surface area contributed by atoms with Crippen molar-refractivity contribution in [1.82, 2.24) is 10.2 Å². The summed E-state index contributed by atoms with van der Waals surface area (Å²) in [7, 11) is 0. The lowest BCUT2D eigenvalue weighted by molar-refractivity contribution is 0.0746. The molecule has 2 amide bonds. The molecule has 2 aromatic carbocycles. The predicted molar refractivity (Wildman–Crippen MR) is 113 cm³/mol. The summed E-state index contributed by atoms with van der Waals surface area (Å²) in [6.07, 6.45) is 3.13. The number of carbonyl (C=O) groups is 2. The summed E-state index contributed by atoms with van der Waals surface area (Å²) in [6.45, 7) is 4.94. The zero-order chi connectivity index (χ0) is 20.6. The van der Waals surface area contributed by atoms with Crippen LogP contribution in [0.1, 0.15) is 46.9 Å². The Morgan fingerprint density at radius 3 is 2.41 bits per heavy atom. The number of carbonyl (C=O) groups excluding carboxylic acids is 2. The second-order valence-electron chi connectivity index (χ2n) is 7.27. The average molecular weight is 397 g/mol. The van der Waals surface area contributed by atoms with Crippen LogP contribution in [0, 0.1) is 5.82 Å². The van der Waals surface area contributed by atoms with E-state index in [-0.39, 0.29) is 17.6 Å². The molecular formula is C23H28FN3O2. The molecule has 0 spiro atoms. The molecule has 3 rings (SSSR count). The van der Waals surface area contributed by atoms with Crippen LogP contribution >= 0.6 is 0 Å². The number of unbranched alkanes of at least 4 members (excludes halogenated alkanes) is 2. The molecule has 0 radical (unpaired) electrons. The molecule has 154 valence electrons. The molecule has 0 aliphatic carbocycles. The van der Waals surface area contributed by atoms with Crippen molar-refractivity contribution in [2.45, 2.75) is 26.2 Å². The summed E-state index contributed by atoms with van der Waals surface area (Å²) < 4.78 is 14.0. The van der Waals surface area contributed by atoms with E-state index in [9.17, 15) is 14.0 Å². The Morgan fingerprint density at radius 2 is 1.69 bits per heavy atom. The third-order valence-electron chi connectivity index (χ3n) is 5.20. The van der Waals surface area contributed by atoms with Gasteiger partial charge in [0.25, 0.3) is 11.8 Å². The van der Waals surface area contributed by atoms with Gasteiger partial charge in [0.2, 0.25) is 0 Å². The summed E-state index contributed by atoms with van der Waals surface area (Å²) in [5, 5.41) is 2.90. The molecule has 0 atom stereocenters. The van der Waals surface area contributed by atoms with Gasteiger partial charge in [0.1, 0.15) is 5.82 Å². The van der Waals surface area contributed by atoms with Crippen molar-refractivity contribution in [1.29, 1.82) is 0 Å². The molecule has 1 saturated heterocycles. The van der Waals surface area contributed by atoms with Crippen LogP contribution in [0.25, 0.3) is 0 Å². The number of para-hydroxylation sites is 1. The highest BCUT2D eigenvalue weighted by Crippen LogP contribution is 2.21. The highest BCUT2D eigenvalue weighted by atomic mass is 19.1. The van der Waals surface area contributed by atoms with E-state index in [1.54, 1.807) is 41.3 Å². The Bertz CT molecular complexity index is 848. The van der Waals surface area contributed by atoms with Crippen molar-refractivity contribution in [3.8, 4) is 0 Å². The molecule has 0 aromatic heterocycles. The number of rotatable bonds is 7. The van der Waals surface area contributed by atoms with Gasteiger partial charge in [-0.1, -0.05) is 38.0 Å². The molecule has 2 aromatic rings. The topological polar surface area (TPSA) is 52.7 Å². The Kier molecular flexibility index (Phi) is 7.22. The van der Waals surface area contributed by atoms with Gasteiger partial charge in [-0.3, -0.25) is 9.59 Å². The predicted octanol–water partition coefficient (Wildman–Crippen LogP) is 3.71. The van der Waals surface area contributed by atoms with E-state index in [0.29, 0.717) is 49.5 Å². The number of nitrogens with zero attached hydrogens (tertiary/aromatic N) is 2. The van der Waals surface area contributed by atoms with Crippen LogP contribution < -0.4 is 10.2 Å². The van der Waals surface area contributed by atoms with Crippen LogP contribution in [0.5, 0.6) is 0 Å². The maximum Gasteiger partial charge on any atom is 0.253 e. The van der Waals surface area contributed by atoms with Gasteiger partial charge < -0.3 is 15.1 Å². The Balaban J connectivity index is 1.58. The summed E-state index contributed by atoms with van der Waals surface area (Å²) >= 11 is 0. The molecule has 0 saturated carbocycles. The number of hydrogen-bond acceptors (Lipinski definition) is 3. The van der Waals surface area contributed by atoms with E-state index in [4.69, 9.17) is 0 Å². The summed E-state index contributed by atoms with van der Waals surface area (Å²) in [5.41, 5.74) is 1.57. The smallest absolute Gasteiger partial charge is 0.253 e. The first-order valence-electron chi connectivity index (χ1n) is 10.3. The van der Waals surface area contributed by atoms with E-state index in [0.717, 1.165) is 19.3 Å². The minimum absolute atomic E-state index is 0.0983. The average Bonchev–Trinajstić information content (AvgIpc) is 2.77. The minimum atomic E-state index is -0.245. The zero-order valence-electron chi connectivity index (χ0n) is 16.9. The lowest BCUT2D eigenvalue weighted by Crippen LogP contribution is -2.49. The van der Waals surface area contributed by atoms with E-state index in [1.165, 1.54) is 6.07 Å². The summed E-state index contributed by atoms with van der Waals surface area (Å²) in [6, 6.07) is 13.5. The molecular weight excluding hydrogens is 369 g/mol. The standard InChI is InChI=1S/C23H28FN3O2/c1-2-3-6-12-25-22(28)18-8-7-9-19(17-18)23(29)27-15-13-26(14-16-27)21-11-5-4-10-20(21)24/h4-5,7-11,17H,2-3,6,12-16H2,1H3,(H,25,28). The largest absolute Gasteiger partial charge is 0.366 e. The van der Waals surface area contributed by atoms with Crippen molar-refractivity contribution >= 4 is 17.5 Å². The molecule has 1 aliphatic heterocycles. The molecule has 6 heteroatoms. The van der Waals surface area contributed by atoms with Gasteiger partial charge in [0.05, 0.1) is 5.69 Å². The first kappa shape index (κ1) is 20.8. The van der Waals surface area contributed by atoms with E-state index in [2.05, 4.69) is 12.2 Å². The molecule has 5 nitrogen and oxygen atoms in total. The van der Waals surface area contributed by atoms with Crippen molar-refractivity contribution in [3.05, 3.63) is 65.5 Å². The van der Waals surface area contributed by atoms with Crippen molar-refractivity contribution in [2.75, 3.05) is 37.6 Å². The van der Waals surface area contributed by atoms with Crippen molar-refractivity contribution in [3.63, 3.8) is 0 Å². The number of nitrogens with one attached hydrogen (secondary N) is 1. The quantitative estimate of drug-likeness (QED) is 0.725. The Labute approximate surface area is 171 Å². The SMILES string of the molecule is CCCCCNC(=O)c1cccc(C(=O)N2CCN(c3ccccc3F)CC2)c1. The number of benzene rings is 2. The van der Waals surface area contributed by atoms with Crippen LogP contribution in [0.15, 0.2) is 48.5 Å². The first-order valence-corrected chi connectivity index (χ1v) is 10.3. The number of amides is 2. The van der Waals surface area contributed by atoms with Gasteiger partial charge in [-0.15, -0.1) is 0 Å². The number of halogens is 1. The van der Waals surface area contributed by atoms with E-state index < -0.39 is 0 Å². The fourth-order valence-corrected chi connectivity index (χ4v) is 3.51. The van der Waals surface area contributed by atoms with E-state index >= 15 is 0 Å². The molecule has 1 N–H and O–H groups in total. The van der Waals surface area contributed by atoms with Gasteiger partial charge >= 0.3 is 0 Å². The molecule has 0 bridgehead atoms. The molecule has 29 heavy (non-hydrogen) atoms. The zero-order valence-corrected chi connectivity index (χ0v) is 16.9. The van der Waals surface area contributed by atoms with Gasteiger partial charge in [0.15, 0.2) is 0 Å². The van der Waals surface area contributed by atoms with Crippen LogP contribution in [0.3, 0.4) is 0 Å².